The number of carbonyl (C=O) groups excluding carboxylic acids is 3. The Morgan fingerprint density at radius 2 is 1.78 bits per heavy atom. The highest BCUT2D eigenvalue weighted by atomic mass is 16.5. The van der Waals surface area contributed by atoms with Crippen molar-refractivity contribution < 1.29 is 33.0 Å². The van der Waals surface area contributed by atoms with Crippen LogP contribution >= 0.6 is 0 Å². The molecule has 1 aromatic heterocycles. The third-order valence-corrected chi connectivity index (χ3v) is 5.15. The molecule has 1 aliphatic heterocycles. The van der Waals surface area contributed by atoms with Gasteiger partial charge in [0.2, 0.25) is 5.89 Å². The topological polar surface area (TPSA) is 145 Å². The molecule has 1 aromatic carbocycles. The quantitative estimate of drug-likeness (QED) is 0.189. The highest BCUT2D eigenvalue weighted by molar-refractivity contribution is 6.21. The van der Waals surface area contributed by atoms with E-state index in [1.807, 2.05) is 0 Å². The Hall–Kier alpha value is -4.45. The Kier molecular flexibility index (Phi) is 8.80. The highest BCUT2D eigenvalue weighted by Gasteiger charge is 2.52. The third kappa shape index (κ3) is 6.61. The third-order valence-electron chi connectivity index (χ3n) is 5.15. The van der Waals surface area contributed by atoms with E-state index in [2.05, 4.69) is 27.4 Å². The second-order valence-corrected chi connectivity index (χ2v) is 8.01. The second-order valence-electron chi connectivity index (χ2n) is 8.01. The first kappa shape index (κ1) is 27.1. The molecule has 2 aromatic rings. The number of hydrogen-bond donors (Lipinski definition) is 2. The van der Waals surface area contributed by atoms with Gasteiger partial charge in [-0.2, -0.15) is 0 Å². The fourth-order valence-corrected chi connectivity index (χ4v) is 3.21. The lowest BCUT2D eigenvalue weighted by Crippen LogP contribution is -2.67. The summed E-state index contributed by atoms with van der Waals surface area (Å²) in [7, 11) is 3.61. The molecule has 2 heterocycles. The van der Waals surface area contributed by atoms with Crippen molar-refractivity contribution in [1.82, 2.24) is 20.8 Å². The molecule has 12 heteroatoms. The average molecular weight is 512 g/mol. The first-order valence-electron chi connectivity index (χ1n) is 11.4. The minimum absolute atomic E-state index is 0.00235. The fraction of sp³-hybridized carbons (Fsp3) is 0.320. The van der Waals surface area contributed by atoms with Crippen molar-refractivity contribution in [2.45, 2.75) is 25.9 Å². The number of ether oxygens (including phenoxy) is 3. The van der Waals surface area contributed by atoms with Crippen molar-refractivity contribution >= 4 is 23.9 Å². The van der Waals surface area contributed by atoms with Gasteiger partial charge in [-0.1, -0.05) is 11.7 Å². The number of barbiturate groups is 1. The smallest absolute Gasteiger partial charge is 0.328 e. The zero-order chi connectivity index (χ0) is 27.0. The summed E-state index contributed by atoms with van der Waals surface area (Å²) in [6.45, 7) is 7.77. The van der Waals surface area contributed by atoms with E-state index in [4.69, 9.17) is 18.6 Å². The SMILES string of the molecule is C=C(/C=C\C(=C/C)Oc1ccc(-c2nnc(N(C)C)o2)cc1)OC1(CCOCC)C(=O)NC(=O)NC1=O. The number of amides is 4. The van der Waals surface area contributed by atoms with Crippen LogP contribution in [0.15, 0.2) is 65.0 Å². The van der Waals surface area contributed by atoms with Gasteiger partial charge in [0.15, 0.2) is 0 Å². The van der Waals surface area contributed by atoms with Crippen LogP contribution in [0.3, 0.4) is 0 Å². The zero-order valence-corrected chi connectivity index (χ0v) is 21.1. The molecule has 1 fully saturated rings. The highest BCUT2D eigenvalue weighted by Crippen LogP contribution is 2.26. The van der Waals surface area contributed by atoms with Crippen LogP contribution in [0.4, 0.5) is 10.8 Å². The van der Waals surface area contributed by atoms with Gasteiger partial charge in [-0.05, 0) is 56.3 Å². The summed E-state index contributed by atoms with van der Waals surface area (Å²) in [5, 5.41) is 12.1. The van der Waals surface area contributed by atoms with Crippen molar-refractivity contribution in [2.24, 2.45) is 0 Å². The number of carbonyl (C=O) groups is 3. The van der Waals surface area contributed by atoms with Crippen molar-refractivity contribution in [3.8, 4) is 17.2 Å². The van der Waals surface area contributed by atoms with E-state index in [9.17, 15) is 14.4 Å². The summed E-state index contributed by atoms with van der Waals surface area (Å²) in [4.78, 5) is 38.4. The predicted octanol–water partition coefficient (Wildman–Crippen LogP) is 2.70. The van der Waals surface area contributed by atoms with Crippen molar-refractivity contribution in [3.05, 3.63) is 60.6 Å². The van der Waals surface area contributed by atoms with Crippen LogP contribution in [0.25, 0.3) is 11.5 Å². The molecule has 0 radical (unpaired) electrons. The molecule has 0 spiro atoms. The lowest BCUT2D eigenvalue weighted by atomic mass is 9.95. The molecule has 12 nitrogen and oxygen atoms in total. The number of benzene rings is 1. The van der Waals surface area contributed by atoms with Gasteiger partial charge >= 0.3 is 12.0 Å². The summed E-state index contributed by atoms with van der Waals surface area (Å²) in [6, 6.07) is 6.53. The monoisotopic (exact) mass is 511 g/mol. The molecule has 0 bridgehead atoms. The van der Waals surface area contributed by atoms with Crippen LogP contribution in [0.1, 0.15) is 20.3 Å². The molecule has 0 aliphatic carbocycles. The number of imide groups is 2. The Morgan fingerprint density at radius 1 is 1.11 bits per heavy atom. The van der Waals surface area contributed by atoms with E-state index >= 15 is 0 Å². The number of rotatable bonds is 12. The van der Waals surface area contributed by atoms with E-state index in [-0.39, 0.29) is 18.8 Å². The van der Waals surface area contributed by atoms with E-state index in [0.717, 1.165) is 5.56 Å². The van der Waals surface area contributed by atoms with Crippen LogP contribution < -0.4 is 20.3 Å². The van der Waals surface area contributed by atoms with Gasteiger partial charge in [0.1, 0.15) is 17.3 Å². The van der Waals surface area contributed by atoms with E-state index in [1.165, 1.54) is 6.08 Å². The number of aromatic nitrogens is 2. The zero-order valence-electron chi connectivity index (χ0n) is 21.1. The molecule has 37 heavy (non-hydrogen) atoms. The number of anilines is 1. The minimum Gasteiger partial charge on any atom is -0.468 e. The van der Waals surface area contributed by atoms with Crippen LogP contribution in [-0.2, 0) is 19.1 Å². The normalized spacial score (nSPS) is 15.4. The Balaban J connectivity index is 1.67. The Labute approximate surface area is 214 Å². The lowest BCUT2D eigenvalue weighted by Gasteiger charge is -2.34. The average Bonchev–Trinajstić information content (AvgIpc) is 3.36. The van der Waals surface area contributed by atoms with Crippen molar-refractivity contribution in [1.29, 1.82) is 0 Å². The van der Waals surface area contributed by atoms with Gasteiger partial charge in [0, 0.05) is 32.7 Å². The number of nitrogens with one attached hydrogen (secondary N) is 2. The van der Waals surface area contributed by atoms with Gasteiger partial charge in [-0.25, -0.2) is 4.79 Å². The van der Waals surface area contributed by atoms with Crippen LogP contribution in [0, 0.1) is 0 Å². The molecular formula is C25H29N5O7. The number of urea groups is 1. The molecule has 196 valence electrons. The van der Waals surface area contributed by atoms with Crippen LogP contribution in [-0.4, -0.2) is 61.0 Å². The number of allylic oxidation sites excluding steroid dienone is 3. The van der Waals surface area contributed by atoms with E-state index in [1.54, 1.807) is 69.3 Å². The largest absolute Gasteiger partial charge is 0.468 e. The van der Waals surface area contributed by atoms with Gasteiger partial charge in [0.25, 0.3) is 17.4 Å². The molecule has 0 unspecified atom stereocenters. The number of nitrogens with zero attached hydrogens (tertiary/aromatic N) is 3. The molecule has 0 saturated carbocycles. The van der Waals surface area contributed by atoms with E-state index in [0.29, 0.717) is 30.0 Å². The lowest BCUT2D eigenvalue weighted by molar-refractivity contribution is -0.158. The van der Waals surface area contributed by atoms with E-state index < -0.39 is 23.4 Å². The van der Waals surface area contributed by atoms with Gasteiger partial charge in [-0.15, -0.1) is 5.10 Å². The van der Waals surface area contributed by atoms with Crippen molar-refractivity contribution in [3.63, 3.8) is 0 Å². The maximum Gasteiger partial charge on any atom is 0.328 e. The second kappa shape index (κ2) is 12.0. The molecule has 2 N–H and O–H groups in total. The first-order valence-corrected chi connectivity index (χ1v) is 11.4. The predicted molar refractivity (Wildman–Crippen MR) is 133 cm³/mol. The van der Waals surface area contributed by atoms with Crippen molar-refractivity contribution in [2.75, 3.05) is 32.2 Å². The standard InChI is InChI=1S/C25H29N5O7/c1-6-18(35-19-12-9-17(10-13-19)20-28-29-24(36-20)30(4)5)11-8-16(3)37-25(14-15-34-7-2)21(31)26-23(33)27-22(25)32/h6,8-13H,3,7,14-15H2,1-2,4-5H3,(H2,26,27,31,32,33)/b11-8-,18-6+. The number of hydrogen-bond acceptors (Lipinski definition) is 10. The summed E-state index contributed by atoms with van der Waals surface area (Å²) < 4.78 is 22.4. The van der Waals surface area contributed by atoms with Crippen LogP contribution in [0.5, 0.6) is 5.75 Å². The minimum atomic E-state index is -2.00. The Bertz CT molecular complexity index is 1190. The summed E-state index contributed by atoms with van der Waals surface area (Å²) in [5.41, 5.74) is -1.27. The van der Waals surface area contributed by atoms with Crippen LogP contribution in [0.2, 0.25) is 0 Å². The summed E-state index contributed by atoms with van der Waals surface area (Å²) in [6.07, 6.45) is 4.61. The molecule has 3 rings (SSSR count). The molecule has 4 amide bonds. The molecular weight excluding hydrogens is 482 g/mol. The fourth-order valence-electron chi connectivity index (χ4n) is 3.21. The summed E-state index contributed by atoms with van der Waals surface area (Å²) >= 11 is 0. The Morgan fingerprint density at radius 3 is 2.35 bits per heavy atom. The van der Waals surface area contributed by atoms with Gasteiger partial charge in [0.05, 0.1) is 6.61 Å². The first-order chi connectivity index (χ1) is 17.7. The van der Waals surface area contributed by atoms with Gasteiger partial charge < -0.3 is 23.5 Å². The maximum absolute atomic E-state index is 12.6. The molecule has 1 saturated heterocycles. The molecule has 1 aliphatic rings. The summed E-state index contributed by atoms with van der Waals surface area (Å²) in [5.74, 6) is -0.415. The molecule has 0 atom stereocenters. The maximum atomic E-state index is 12.6. The van der Waals surface area contributed by atoms with Gasteiger partial charge in [-0.3, -0.25) is 20.2 Å².